The highest BCUT2D eigenvalue weighted by molar-refractivity contribution is 5.91. The van der Waals surface area contributed by atoms with Crippen molar-refractivity contribution in [3.8, 4) is 11.5 Å². The van der Waals surface area contributed by atoms with Crippen molar-refractivity contribution >= 4 is 23.6 Å². The predicted octanol–water partition coefficient (Wildman–Crippen LogP) is 3.04. The first-order chi connectivity index (χ1) is 15.0. The number of nitrogens with one attached hydrogen (secondary N) is 1. The molecule has 8 heteroatoms. The number of nitrogen functional groups attached to an aromatic ring is 1. The van der Waals surface area contributed by atoms with E-state index in [2.05, 4.69) is 10.4 Å². The molecule has 0 saturated carbocycles. The molecule has 3 rings (SSSR count). The number of nitrogens with zero attached hydrogens (tertiary/aromatic N) is 2. The average Bonchev–Trinajstić information content (AvgIpc) is 2.73. The van der Waals surface area contributed by atoms with Crippen LogP contribution in [-0.4, -0.2) is 30.0 Å². The van der Waals surface area contributed by atoms with Crippen LogP contribution in [0, 0.1) is 6.92 Å². The largest absolute Gasteiger partial charge is 0.490 e. The molecule has 0 unspecified atom stereocenters. The van der Waals surface area contributed by atoms with Gasteiger partial charge in [0.25, 0.3) is 11.5 Å². The second-order valence-corrected chi connectivity index (χ2v) is 6.69. The average molecular weight is 420 g/mol. The smallest absolute Gasteiger partial charge is 0.273 e. The molecule has 0 aliphatic heterocycles. The van der Waals surface area contributed by atoms with Crippen LogP contribution >= 0.6 is 0 Å². The number of pyridine rings is 1. The Kier molecular flexibility index (Phi) is 7.05. The van der Waals surface area contributed by atoms with Gasteiger partial charge in [0.15, 0.2) is 18.1 Å². The molecule has 0 aliphatic carbocycles. The third kappa shape index (κ3) is 5.96. The fourth-order valence-corrected chi connectivity index (χ4v) is 2.82. The van der Waals surface area contributed by atoms with Crippen molar-refractivity contribution in [3.63, 3.8) is 0 Å². The molecule has 0 radical (unpaired) electrons. The molecule has 31 heavy (non-hydrogen) atoms. The number of amides is 1. The molecule has 0 atom stereocenters. The van der Waals surface area contributed by atoms with Gasteiger partial charge in [-0.15, -0.1) is 0 Å². The van der Waals surface area contributed by atoms with Crippen LogP contribution in [0.1, 0.15) is 18.1 Å². The third-order valence-electron chi connectivity index (χ3n) is 4.19. The molecule has 0 saturated heterocycles. The minimum Gasteiger partial charge on any atom is -0.490 e. The van der Waals surface area contributed by atoms with Crippen LogP contribution in [0.2, 0.25) is 0 Å². The van der Waals surface area contributed by atoms with E-state index in [0.717, 1.165) is 10.2 Å². The molecule has 160 valence electrons. The highest BCUT2D eigenvalue weighted by atomic mass is 16.5. The Morgan fingerprint density at radius 2 is 1.87 bits per heavy atom. The van der Waals surface area contributed by atoms with E-state index in [-0.39, 0.29) is 23.9 Å². The van der Waals surface area contributed by atoms with Crippen molar-refractivity contribution in [2.75, 3.05) is 24.3 Å². The van der Waals surface area contributed by atoms with E-state index in [1.165, 1.54) is 12.3 Å². The van der Waals surface area contributed by atoms with Gasteiger partial charge in [0.05, 0.1) is 12.8 Å². The van der Waals surface area contributed by atoms with Crippen molar-refractivity contribution in [1.29, 1.82) is 0 Å². The Morgan fingerprint density at radius 3 is 2.58 bits per heavy atom. The summed E-state index contributed by atoms with van der Waals surface area (Å²) in [6, 6.07) is 17.4. The lowest BCUT2D eigenvalue weighted by Crippen LogP contribution is -2.20. The molecule has 3 N–H and O–H groups in total. The molecule has 1 aromatic heterocycles. The second kappa shape index (κ2) is 10.1. The summed E-state index contributed by atoms with van der Waals surface area (Å²) in [6.45, 7) is 3.88. The number of rotatable bonds is 8. The Labute approximate surface area is 179 Å². The number of hydrogen-bond acceptors (Lipinski definition) is 6. The summed E-state index contributed by atoms with van der Waals surface area (Å²) in [5.41, 5.74) is 7.70. The van der Waals surface area contributed by atoms with Crippen LogP contribution in [-0.2, 0) is 4.79 Å². The van der Waals surface area contributed by atoms with Gasteiger partial charge in [-0.05, 0) is 61.4 Å². The van der Waals surface area contributed by atoms with Crippen LogP contribution in [0.15, 0.2) is 70.6 Å². The van der Waals surface area contributed by atoms with E-state index in [0.29, 0.717) is 29.4 Å². The van der Waals surface area contributed by atoms with Crippen LogP contribution < -0.4 is 26.1 Å². The monoisotopic (exact) mass is 420 g/mol. The maximum absolute atomic E-state index is 12.1. The van der Waals surface area contributed by atoms with Gasteiger partial charge in [-0.2, -0.15) is 9.78 Å². The molecule has 1 heterocycles. The summed E-state index contributed by atoms with van der Waals surface area (Å²) in [5, 5.41) is 6.92. The van der Waals surface area contributed by atoms with Gasteiger partial charge in [0.2, 0.25) is 0 Å². The lowest BCUT2D eigenvalue weighted by Gasteiger charge is -2.12. The normalized spacial score (nSPS) is 10.8. The molecule has 0 aliphatic rings. The number of hydrogen-bond donors (Lipinski definition) is 2. The number of aromatic nitrogens is 1. The van der Waals surface area contributed by atoms with E-state index in [9.17, 15) is 9.59 Å². The minimum absolute atomic E-state index is 0.169. The highest BCUT2D eigenvalue weighted by Gasteiger charge is 2.09. The maximum atomic E-state index is 12.1. The summed E-state index contributed by atoms with van der Waals surface area (Å²) in [7, 11) is 0. The lowest BCUT2D eigenvalue weighted by molar-refractivity contribution is -0.118. The van der Waals surface area contributed by atoms with Gasteiger partial charge in [-0.3, -0.25) is 9.59 Å². The van der Waals surface area contributed by atoms with Gasteiger partial charge < -0.3 is 20.5 Å². The zero-order valence-electron chi connectivity index (χ0n) is 17.4. The van der Waals surface area contributed by atoms with Crippen molar-refractivity contribution in [1.82, 2.24) is 4.68 Å². The molecule has 2 aromatic carbocycles. The fourth-order valence-electron chi connectivity index (χ4n) is 2.82. The van der Waals surface area contributed by atoms with Crippen molar-refractivity contribution in [2.45, 2.75) is 13.8 Å². The summed E-state index contributed by atoms with van der Waals surface area (Å²) >= 11 is 0. The molecule has 0 spiro atoms. The lowest BCUT2D eigenvalue weighted by atomic mass is 10.2. The Morgan fingerprint density at radius 1 is 1.10 bits per heavy atom. The SMILES string of the molecule is CCOc1cc(C=Nn2c(N)cc(C)cc2=O)ccc1OCC(=O)Nc1ccccc1. The van der Waals surface area contributed by atoms with Crippen LogP contribution in [0.3, 0.4) is 0 Å². The van der Waals surface area contributed by atoms with E-state index in [4.69, 9.17) is 15.2 Å². The van der Waals surface area contributed by atoms with E-state index >= 15 is 0 Å². The Hall–Kier alpha value is -4.07. The quantitative estimate of drug-likeness (QED) is 0.545. The van der Waals surface area contributed by atoms with Gasteiger partial charge in [-0.1, -0.05) is 18.2 Å². The first kappa shape index (κ1) is 21.6. The topological polar surface area (TPSA) is 108 Å². The number of para-hydroxylation sites is 1. The van der Waals surface area contributed by atoms with Crippen molar-refractivity contribution in [3.05, 3.63) is 82.1 Å². The second-order valence-electron chi connectivity index (χ2n) is 6.69. The minimum atomic E-state index is -0.317. The predicted molar refractivity (Wildman–Crippen MR) is 121 cm³/mol. The number of anilines is 2. The highest BCUT2D eigenvalue weighted by Crippen LogP contribution is 2.28. The number of benzene rings is 2. The van der Waals surface area contributed by atoms with E-state index in [1.807, 2.05) is 25.1 Å². The standard InChI is InChI=1S/C23H24N4O4/c1-3-30-20-13-17(14-25-27-21(24)11-16(2)12-23(27)29)9-10-19(20)31-15-22(28)26-18-7-5-4-6-8-18/h4-14H,3,15,24H2,1-2H3,(H,26,28). The number of nitrogens with two attached hydrogens (primary N) is 1. The Balaban J connectivity index is 1.72. The first-order valence-corrected chi connectivity index (χ1v) is 9.74. The van der Waals surface area contributed by atoms with Gasteiger partial charge in [-0.25, -0.2) is 0 Å². The maximum Gasteiger partial charge on any atom is 0.273 e. The molecule has 3 aromatic rings. The molecule has 0 fully saturated rings. The Bertz CT molecular complexity index is 1140. The molecule has 1 amide bonds. The number of carbonyl (C=O) groups excluding carboxylic acids is 1. The summed E-state index contributed by atoms with van der Waals surface area (Å²) in [5.74, 6) is 0.849. The van der Waals surface area contributed by atoms with Crippen LogP contribution in [0.5, 0.6) is 11.5 Å². The fraction of sp³-hybridized carbons (Fsp3) is 0.174. The molecular weight excluding hydrogens is 396 g/mol. The summed E-state index contributed by atoms with van der Waals surface area (Å²) < 4.78 is 12.4. The van der Waals surface area contributed by atoms with Crippen molar-refractivity contribution < 1.29 is 14.3 Å². The van der Waals surface area contributed by atoms with Gasteiger partial charge in [0, 0.05) is 11.8 Å². The van der Waals surface area contributed by atoms with E-state index < -0.39 is 0 Å². The summed E-state index contributed by atoms with van der Waals surface area (Å²) in [4.78, 5) is 24.2. The number of aryl methyl sites for hydroxylation is 1. The molecular formula is C23H24N4O4. The van der Waals surface area contributed by atoms with Crippen molar-refractivity contribution in [2.24, 2.45) is 5.10 Å². The van der Waals surface area contributed by atoms with Crippen LogP contribution in [0.25, 0.3) is 0 Å². The van der Waals surface area contributed by atoms with E-state index in [1.54, 1.807) is 43.3 Å². The van der Waals surface area contributed by atoms with Gasteiger partial charge >= 0.3 is 0 Å². The zero-order valence-corrected chi connectivity index (χ0v) is 17.4. The number of carbonyl (C=O) groups is 1. The zero-order chi connectivity index (χ0) is 22.2. The summed E-state index contributed by atoms with van der Waals surface area (Å²) in [6.07, 6.45) is 1.50. The molecule has 8 nitrogen and oxygen atoms in total. The van der Waals surface area contributed by atoms with Gasteiger partial charge in [0.1, 0.15) is 5.82 Å². The van der Waals surface area contributed by atoms with Crippen LogP contribution in [0.4, 0.5) is 11.5 Å². The first-order valence-electron chi connectivity index (χ1n) is 9.74. The third-order valence-corrected chi connectivity index (χ3v) is 4.19. The molecule has 0 bridgehead atoms. The number of ether oxygens (including phenoxy) is 2.